The zero-order valence-corrected chi connectivity index (χ0v) is 11.6. The fourth-order valence-electron chi connectivity index (χ4n) is 1.62. The van der Waals surface area contributed by atoms with Gasteiger partial charge in [-0.05, 0) is 24.1 Å². The summed E-state index contributed by atoms with van der Waals surface area (Å²) in [4.78, 5) is 13.5. The van der Waals surface area contributed by atoms with Crippen LogP contribution in [0.25, 0.3) is 0 Å². The molecule has 0 spiro atoms. The molecule has 5 nitrogen and oxygen atoms in total. The first-order valence-corrected chi connectivity index (χ1v) is 6.21. The number of hydrogen-bond acceptors (Lipinski definition) is 4. The molecular formula is C14H20N4O. The Morgan fingerprint density at radius 3 is 2.79 bits per heavy atom. The number of hydrogen-bond donors (Lipinski definition) is 2. The first kappa shape index (κ1) is 14.8. The van der Waals surface area contributed by atoms with Crippen LogP contribution in [0.1, 0.15) is 19.4 Å². The zero-order valence-electron chi connectivity index (χ0n) is 11.6. The van der Waals surface area contributed by atoms with E-state index < -0.39 is 0 Å². The Morgan fingerprint density at radius 2 is 2.21 bits per heavy atom. The maximum Gasteiger partial charge on any atom is 0.239 e. The average Bonchev–Trinajstić information content (AvgIpc) is 2.36. The van der Waals surface area contributed by atoms with E-state index in [4.69, 9.17) is 11.0 Å². The molecule has 0 bridgehead atoms. The lowest BCUT2D eigenvalue weighted by molar-refractivity contribution is -0.119. The molecule has 0 saturated heterocycles. The summed E-state index contributed by atoms with van der Waals surface area (Å²) in [5, 5.41) is 11.7. The van der Waals surface area contributed by atoms with Gasteiger partial charge in [0.1, 0.15) is 0 Å². The van der Waals surface area contributed by atoms with Gasteiger partial charge in [-0.15, -0.1) is 0 Å². The number of nitrogens with two attached hydrogens (primary N) is 1. The molecule has 0 aliphatic carbocycles. The van der Waals surface area contributed by atoms with E-state index in [1.54, 1.807) is 30.1 Å². The van der Waals surface area contributed by atoms with Gasteiger partial charge in [-0.3, -0.25) is 4.79 Å². The second kappa shape index (κ2) is 6.64. The highest BCUT2D eigenvalue weighted by molar-refractivity contribution is 5.83. The predicted molar refractivity (Wildman–Crippen MR) is 76.7 cm³/mol. The summed E-state index contributed by atoms with van der Waals surface area (Å²) in [5.74, 6) is 0.360. The van der Waals surface area contributed by atoms with Gasteiger partial charge in [0.15, 0.2) is 0 Å². The van der Waals surface area contributed by atoms with Gasteiger partial charge in [0.2, 0.25) is 5.91 Å². The van der Waals surface area contributed by atoms with Gasteiger partial charge < -0.3 is 16.0 Å². The first-order valence-electron chi connectivity index (χ1n) is 6.21. The van der Waals surface area contributed by atoms with Crippen molar-refractivity contribution >= 4 is 17.3 Å². The predicted octanol–water partition coefficient (Wildman–Crippen LogP) is 1.35. The van der Waals surface area contributed by atoms with Crippen LogP contribution in [0.15, 0.2) is 18.2 Å². The normalized spacial score (nSPS) is 10.1. The van der Waals surface area contributed by atoms with E-state index in [9.17, 15) is 4.79 Å². The number of nitriles is 1. The number of carbonyl (C=O) groups excluding carboxylic acids is 1. The standard InChI is InChI=1S/C14H20N4O/c1-10(2)8-17-14(19)9-18(3)13-6-11(7-15)4-5-12(13)16/h4-6,10H,8-9,16H2,1-3H3,(H,17,19). The van der Waals surface area contributed by atoms with Crippen LogP contribution >= 0.6 is 0 Å². The molecule has 0 saturated carbocycles. The highest BCUT2D eigenvalue weighted by atomic mass is 16.2. The van der Waals surface area contributed by atoms with Gasteiger partial charge in [0.05, 0.1) is 29.6 Å². The van der Waals surface area contributed by atoms with Crippen LogP contribution in [0, 0.1) is 17.2 Å². The second-order valence-corrected chi connectivity index (χ2v) is 4.94. The summed E-state index contributed by atoms with van der Waals surface area (Å²) < 4.78 is 0. The van der Waals surface area contributed by atoms with Crippen molar-refractivity contribution in [1.82, 2.24) is 5.32 Å². The molecule has 0 unspecified atom stereocenters. The van der Waals surface area contributed by atoms with Crippen LogP contribution < -0.4 is 16.0 Å². The lowest BCUT2D eigenvalue weighted by Gasteiger charge is -2.21. The van der Waals surface area contributed by atoms with Gasteiger partial charge in [-0.1, -0.05) is 13.8 Å². The van der Waals surface area contributed by atoms with Crippen LogP contribution in [0.2, 0.25) is 0 Å². The van der Waals surface area contributed by atoms with E-state index in [1.807, 2.05) is 13.8 Å². The third-order valence-corrected chi connectivity index (χ3v) is 2.66. The molecule has 1 aromatic rings. The topological polar surface area (TPSA) is 82.2 Å². The zero-order chi connectivity index (χ0) is 14.4. The quantitative estimate of drug-likeness (QED) is 0.783. The Morgan fingerprint density at radius 1 is 1.53 bits per heavy atom. The summed E-state index contributed by atoms with van der Waals surface area (Å²) >= 11 is 0. The molecule has 0 heterocycles. The number of benzene rings is 1. The molecule has 3 N–H and O–H groups in total. The molecule has 1 rings (SSSR count). The first-order chi connectivity index (χ1) is 8.93. The molecule has 0 aromatic heterocycles. The summed E-state index contributed by atoms with van der Waals surface area (Å²) in [6, 6.07) is 7.08. The number of likely N-dealkylation sites (N-methyl/N-ethyl adjacent to an activating group) is 1. The third kappa shape index (κ3) is 4.51. The number of nitrogens with zero attached hydrogens (tertiary/aromatic N) is 2. The molecule has 0 atom stereocenters. The molecule has 5 heteroatoms. The smallest absolute Gasteiger partial charge is 0.239 e. The Hall–Kier alpha value is -2.22. The minimum absolute atomic E-state index is 0.0574. The highest BCUT2D eigenvalue weighted by Crippen LogP contribution is 2.23. The van der Waals surface area contributed by atoms with Gasteiger partial charge in [-0.25, -0.2) is 0 Å². The van der Waals surface area contributed by atoms with Crippen molar-refractivity contribution in [3.05, 3.63) is 23.8 Å². The molecule has 0 fully saturated rings. The van der Waals surface area contributed by atoms with Crippen LogP contribution in [-0.2, 0) is 4.79 Å². The fraction of sp³-hybridized carbons (Fsp3) is 0.429. The summed E-state index contributed by atoms with van der Waals surface area (Å²) in [6.07, 6.45) is 0. The van der Waals surface area contributed by atoms with Crippen molar-refractivity contribution in [1.29, 1.82) is 5.26 Å². The van der Waals surface area contributed by atoms with Gasteiger partial charge in [0.25, 0.3) is 0 Å². The molecule has 0 aliphatic rings. The number of amides is 1. The van der Waals surface area contributed by atoms with Crippen LogP contribution in [0.5, 0.6) is 0 Å². The van der Waals surface area contributed by atoms with E-state index >= 15 is 0 Å². The second-order valence-electron chi connectivity index (χ2n) is 4.94. The van der Waals surface area contributed by atoms with Crippen molar-refractivity contribution in [3.63, 3.8) is 0 Å². The van der Waals surface area contributed by atoms with Crippen molar-refractivity contribution in [2.75, 3.05) is 30.8 Å². The van der Waals surface area contributed by atoms with E-state index in [-0.39, 0.29) is 12.5 Å². The van der Waals surface area contributed by atoms with Gasteiger partial charge in [0, 0.05) is 13.6 Å². The van der Waals surface area contributed by atoms with Crippen molar-refractivity contribution < 1.29 is 4.79 Å². The van der Waals surface area contributed by atoms with Gasteiger partial charge >= 0.3 is 0 Å². The van der Waals surface area contributed by atoms with Crippen molar-refractivity contribution in [2.45, 2.75) is 13.8 Å². The average molecular weight is 260 g/mol. The Balaban J connectivity index is 2.70. The molecular weight excluding hydrogens is 240 g/mol. The van der Waals surface area contributed by atoms with E-state index in [2.05, 4.69) is 11.4 Å². The fourth-order valence-corrected chi connectivity index (χ4v) is 1.62. The lowest BCUT2D eigenvalue weighted by Crippen LogP contribution is -2.37. The number of nitrogen functional groups attached to an aromatic ring is 1. The summed E-state index contributed by atoms with van der Waals surface area (Å²) in [5.41, 5.74) is 7.63. The number of anilines is 2. The maximum atomic E-state index is 11.7. The van der Waals surface area contributed by atoms with Crippen LogP contribution in [0.4, 0.5) is 11.4 Å². The Bertz CT molecular complexity index is 491. The molecule has 1 aromatic carbocycles. The van der Waals surface area contributed by atoms with Crippen molar-refractivity contribution in [3.8, 4) is 6.07 Å². The summed E-state index contributed by atoms with van der Waals surface area (Å²) in [6.45, 7) is 4.95. The van der Waals surface area contributed by atoms with Crippen LogP contribution in [0.3, 0.4) is 0 Å². The maximum absolute atomic E-state index is 11.7. The van der Waals surface area contributed by atoms with E-state index in [0.29, 0.717) is 29.4 Å². The lowest BCUT2D eigenvalue weighted by atomic mass is 10.1. The van der Waals surface area contributed by atoms with E-state index in [0.717, 1.165) is 0 Å². The number of rotatable bonds is 5. The minimum Gasteiger partial charge on any atom is -0.397 e. The minimum atomic E-state index is -0.0574. The molecule has 0 aliphatic heterocycles. The number of carbonyl (C=O) groups is 1. The SMILES string of the molecule is CC(C)CNC(=O)CN(C)c1cc(C#N)ccc1N. The largest absolute Gasteiger partial charge is 0.397 e. The molecule has 1 amide bonds. The van der Waals surface area contributed by atoms with Crippen molar-refractivity contribution in [2.24, 2.45) is 5.92 Å². The van der Waals surface area contributed by atoms with E-state index in [1.165, 1.54) is 0 Å². The number of nitrogens with one attached hydrogen (secondary N) is 1. The molecule has 0 radical (unpaired) electrons. The molecule has 102 valence electrons. The highest BCUT2D eigenvalue weighted by Gasteiger charge is 2.11. The van der Waals surface area contributed by atoms with Crippen LogP contribution in [-0.4, -0.2) is 26.0 Å². The monoisotopic (exact) mass is 260 g/mol. The molecule has 19 heavy (non-hydrogen) atoms. The Kier molecular flexibility index (Phi) is 5.19. The third-order valence-electron chi connectivity index (χ3n) is 2.66. The van der Waals surface area contributed by atoms with Gasteiger partial charge in [-0.2, -0.15) is 5.26 Å². The Labute approximate surface area is 114 Å². The summed E-state index contributed by atoms with van der Waals surface area (Å²) in [7, 11) is 1.78.